The van der Waals surface area contributed by atoms with Gasteiger partial charge in [0.1, 0.15) is 0 Å². The van der Waals surface area contributed by atoms with Gasteiger partial charge in [0.15, 0.2) is 0 Å². The molecule has 2 atom stereocenters. The number of hydrogen-bond acceptors (Lipinski definition) is 5. The van der Waals surface area contributed by atoms with E-state index in [0.29, 0.717) is 35.4 Å². The number of hydrogen-bond donors (Lipinski definition) is 1. The lowest BCUT2D eigenvalue weighted by molar-refractivity contribution is -0.139. The van der Waals surface area contributed by atoms with E-state index in [1.807, 2.05) is 6.92 Å². The number of benzene rings is 2. The number of nitrogens with zero attached hydrogens (tertiary/aromatic N) is 4. The van der Waals surface area contributed by atoms with Crippen molar-refractivity contribution >= 4 is 17.6 Å². The first-order chi connectivity index (χ1) is 22.0. The third-order valence-corrected chi connectivity index (χ3v) is 9.82. The fourth-order valence-electron chi connectivity index (χ4n) is 7.28. The predicted octanol–water partition coefficient (Wildman–Crippen LogP) is 8.94. The van der Waals surface area contributed by atoms with Crippen LogP contribution in [0.1, 0.15) is 103 Å². The zero-order chi connectivity index (χ0) is 34.3. The first-order valence-corrected chi connectivity index (χ1v) is 16.3. The van der Waals surface area contributed by atoms with Crippen LogP contribution < -0.4 is 0 Å². The molecule has 5 rings (SSSR count). The Kier molecular flexibility index (Phi) is 9.99. The van der Waals surface area contributed by atoms with E-state index >= 15 is 0 Å². The average molecular weight is 665 g/mol. The fourth-order valence-corrected chi connectivity index (χ4v) is 7.28. The Hall–Kier alpha value is -3.57. The zero-order valence-corrected chi connectivity index (χ0v) is 27.2. The van der Waals surface area contributed by atoms with Gasteiger partial charge < -0.3 is 10.0 Å². The Labute approximate surface area is 271 Å². The van der Waals surface area contributed by atoms with E-state index in [-0.39, 0.29) is 48.9 Å². The molecule has 0 spiro atoms. The van der Waals surface area contributed by atoms with Gasteiger partial charge in [-0.1, -0.05) is 37.5 Å². The molecule has 1 heterocycles. The minimum absolute atomic E-state index is 0.0239. The van der Waals surface area contributed by atoms with Gasteiger partial charge in [-0.2, -0.15) is 26.3 Å². The third-order valence-electron chi connectivity index (χ3n) is 9.82. The van der Waals surface area contributed by atoms with Crippen molar-refractivity contribution in [2.45, 2.75) is 110 Å². The number of fused-ring (bicyclic) bond motifs is 1. The van der Waals surface area contributed by atoms with Gasteiger partial charge in [-0.25, -0.2) is 4.99 Å². The number of hydrazone groups is 1. The van der Waals surface area contributed by atoms with Crippen molar-refractivity contribution in [3.63, 3.8) is 0 Å². The molecule has 0 amide bonds. The number of carboxylic acid groups (broad SMARTS) is 1. The summed E-state index contributed by atoms with van der Waals surface area (Å²) in [7, 11) is 1.79. The van der Waals surface area contributed by atoms with Gasteiger partial charge in [0.05, 0.1) is 17.2 Å². The maximum Gasteiger partial charge on any atom is 0.416 e. The molecular formula is C35H42F6N4O2. The van der Waals surface area contributed by atoms with Crippen molar-refractivity contribution in [3.8, 4) is 0 Å². The average Bonchev–Trinajstić information content (AvgIpc) is 3.76. The number of guanidine groups is 1. The van der Waals surface area contributed by atoms with Crippen molar-refractivity contribution < 1.29 is 36.2 Å². The largest absolute Gasteiger partial charge is 0.481 e. The molecule has 2 saturated carbocycles. The second-order valence-corrected chi connectivity index (χ2v) is 13.5. The van der Waals surface area contributed by atoms with Crippen LogP contribution in [0.15, 0.2) is 40.4 Å². The summed E-state index contributed by atoms with van der Waals surface area (Å²) in [6.07, 6.45) is -3.48. The van der Waals surface area contributed by atoms with Crippen LogP contribution in [-0.4, -0.2) is 45.7 Å². The van der Waals surface area contributed by atoms with Crippen LogP contribution in [0.25, 0.3) is 0 Å². The Morgan fingerprint density at radius 3 is 2.26 bits per heavy atom. The minimum Gasteiger partial charge on any atom is -0.481 e. The lowest BCUT2D eigenvalue weighted by atomic mass is 9.74. The van der Waals surface area contributed by atoms with Crippen molar-refractivity contribution in [1.29, 1.82) is 0 Å². The first kappa shape index (κ1) is 34.8. The van der Waals surface area contributed by atoms with Gasteiger partial charge in [0, 0.05) is 38.7 Å². The normalized spacial score (nSPS) is 21.9. The first-order valence-electron chi connectivity index (χ1n) is 16.3. The highest BCUT2D eigenvalue weighted by atomic mass is 19.4. The van der Waals surface area contributed by atoms with E-state index in [0.717, 1.165) is 55.5 Å². The van der Waals surface area contributed by atoms with Gasteiger partial charge in [-0.15, -0.1) is 5.10 Å². The molecule has 2 fully saturated rings. The van der Waals surface area contributed by atoms with Crippen molar-refractivity contribution in [2.75, 3.05) is 7.05 Å². The number of alkyl halides is 6. The maximum absolute atomic E-state index is 14.3. The van der Waals surface area contributed by atoms with Gasteiger partial charge in [0.25, 0.3) is 0 Å². The number of carbonyl (C=O) groups is 1. The lowest BCUT2D eigenvalue weighted by Crippen LogP contribution is -2.35. The number of carboxylic acids is 1. The van der Waals surface area contributed by atoms with Crippen LogP contribution in [0.3, 0.4) is 0 Å². The standard InChI is InChI=1S/C35H42F6N4O2/c1-5-25(13-22-6-8-23(9-7-22)15-32(46)47)28-12-21(3)29(35(39,40)41)16-26(28)19-45(33-42-30-17-31(30)44(4)43-33)18-24-10-20(2)11-27(14-24)34(36,37)38/h10-12,14,16,22-23,25,31H,5-9,13,15,17-19H2,1-4H3,(H,46,47). The van der Waals surface area contributed by atoms with E-state index in [9.17, 15) is 36.2 Å². The second kappa shape index (κ2) is 13.5. The van der Waals surface area contributed by atoms with Gasteiger partial charge in [0.2, 0.25) is 5.96 Å². The summed E-state index contributed by atoms with van der Waals surface area (Å²) < 4.78 is 84.1. The summed E-state index contributed by atoms with van der Waals surface area (Å²) in [5.41, 5.74) is 1.48. The number of halogens is 6. The highest BCUT2D eigenvalue weighted by Crippen LogP contribution is 2.42. The van der Waals surface area contributed by atoms with Crippen LogP contribution >= 0.6 is 0 Å². The summed E-state index contributed by atoms with van der Waals surface area (Å²) >= 11 is 0. The molecule has 0 radical (unpaired) electrons. The van der Waals surface area contributed by atoms with Gasteiger partial charge in [-0.05, 0) is 97.7 Å². The summed E-state index contributed by atoms with van der Waals surface area (Å²) in [5.74, 6) is -0.135. The molecule has 12 heteroatoms. The summed E-state index contributed by atoms with van der Waals surface area (Å²) in [6.45, 7) is 5.00. The second-order valence-electron chi connectivity index (χ2n) is 13.5. The number of aliphatic imine (C=N–C) groups is 1. The highest BCUT2D eigenvalue weighted by molar-refractivity contribution is 6.11. The van der Waals surface area contributed by atoms with Crippen molar-refractivity contribution in [1.82, 2.24) is 9.91 Å². The molecule has 47 heavy (non-hydrogen) atoms. The molecule has 2 aromatic carbocycles. The van der Waals surface area contributed by atoms with Crippen LogP contribution in [-0.2, 0) is 30.2 Å². The molecular weight excluding hydrogens is 622 g/mol. The van der Waals surface area contributed by atoms with Crippen molar-refractivity contribution in [2.24, 2.45) is 21.9 Å². The van der Waals surface area contributed by atoms with E-state index in [1.54, 1.807) is 36.0 Å². The molecule has 0 saturated heterocycles. The topological polar surface area (TPSA) is 68.5 Å². The zero-order valence-electron chi connectivity index (χ0n) is 27.2. The van der Waals surface area contributed by atoms with Crippen LogP contribution in [0, 0.1) is 25.7 Å². The molecule has 1 N–H and O–H groups in total. The number of aliphatic carboxylic acids is 1. The SMILES string of the molecule is CCC(CC1CCC(CC(=O)O)CC1)c1cc(C)c(C(F)(F)F)cc1CN(Cc1cc(C)cc(C(F)(F)F)c1)C1=NN(C)C2CC2=N1. The quantitative estimate of drug-likeness (QED) is 0.258. The van der Waals surface area contributed by atoms with Crippen molar-refractivity contribution in [3.05, 3.63) is 69.3 Å². The van der Waals surface area contributed by atoms with Crippen LogP contribution in [0.4, 0.5) is 26.3 Å². The fraction of sp³-hybridized carbons (Fsp3) is 0.571. The number of aryl methyl sites for hydroxylation is 2. The van der Waals surface area contributed by atoms with E-state index in [2.05, 4.69) is 10.1 Å². The molecule has 0 aromatic heterocycles. The molecule has 1 aliphatic heterocycles. The van der Waals surface area contributed by atoms with Crippen LogP contribution in [0.2, 0.25) is 0 Å². The van der Waals surface area contributed by atoms with Gasteiger partial charge in [-0.3, -0.25) is 9.80 Å². The maximum atomic E-state index is 14.3. The third kappa shape index (κ3) is 8.48. The van der Waals surface area contributed by atoms with E-state index in [4.69, 9.17) is 0 Å². The summed E-state index contributed by atoms with van der Waals surface area (Å²) in [5, 5.41) is 15.5. The Morgan fingerprint density at radius 1 is 0.979 bits per heavy atom. The monoisotopic (exact) mass is 664 g/mol. The van der Waals surface area contributed by atoms with Gasteiger partial charge >= 0.3 is 18.3 Å². The summed E-state index contributed by atoms with van der Waals surface area (Å²) in [4.78, 5) is 17.6. The molecule has 256 valence electrons. The Balaban J connectivity index is 1.51. The van der Waals surface area contributed by atoms with Crippen LogP contribution in [0.5, 0.6) is 0 Å². The minimum atomic E-state index is -4.59. The summed E-state index contributed by atoms with van der Waals surface area (Å²) in [6, 6.07) is 6.69. The molecule has 2 aromatic rings. The molecule has 2 aliphatic carbocycles. The Morgan fingerprint density at radius 2 is 1.66 bits per heavy atom. The molecule has 2 unspecified atom stereocenters. The molecule has 3 aliphatic rings. The van der Waals surface area contributed by atoms with E-state index in [1.165, 1.54) is 13.0 Å². The lowest BCUT2D eigenvalue weighted by Gasteiger charge is -2.33. The predicted molar refractivity (Wildman–Crippen MR) is 168 cm³/mol. The number of rotatable bonds is 10. The highest BCUT2D eigenvalue weighted by Gasteiger charge is 2.41. The Bertz CT molecular complexity index is 1540. The molecule has 0 bridgehead atoms. The molecule has 6 nitrogen and oxygen atoms in total. The smallest absolute Gasteiger partial charge is 0.416 e. The van der Waals surface area contributed by atoms with E-state index < -0.39 is 29.4 Å².